The van der Waals surface area contributed by atoms with Gasteiger partial charge in [-0.25, -0.2) is 0 Å². The van der Waals surface area contributed by atoms with E-state index in [1.807, 2.05) is 34.6 Å². The molecular weight excluding hydrogens is 344 g/mol. The normalized spacial score (nSPS) is 13.6. The Hall–Kier alpha value is -1.07. The van der Waals surface area contributed by atoms with Gasteiger partial charge >= 0.3 is 0 Å². The Morgan fingerprint density at radius 2 is 1.30 bits per heavy atom. The zero-order chi connectivity index (χ0) is 21.7. The van der Waals surface area contributed by atoms with E-state index < -0.39 is 16.8 Å². The molecule has 0 aliphatic rings. The topological polar surface area (TPSA) is 69.7 Å². The van der Waals surface area contributed by atoms with Crippen LogP contribution in [0, 0.1) is 5.41 Å². The van der Waals surface area contributed by atoms with Crippen LogP contribution in [0.3, 0.4) is 0 Å². The highest BCUT2D eigenvalue weighted by atomic mass is 16.5. The van der Waals surface area contributed by atoms with Crippen LogP contribution in [0.2, 0.25) is 0 Å². The summed E-state index contributed by atoms with van der Waals surface area (Å²) in [5.74, 6) is -0.852. The molecule has 5 heteroatoms. The Labute approximate surface area is 165 Å². The third-order valence-corrected chi connectivity index (χ3v) is 4.16. The van der Waals surface area contributed by atoms with E-state index in [0.29, 0.717) is 19.4 Å². The first kappa shape index (κ1) is 25.9. The van der Waals surface area contributed by atoms with Crippen LogP contribution in [-0.4, -0.2) is 40.8 Å². The maximum absolute atomic E-state index is 12.4. The van der Waals surface area contributed by atoms with Gasteiger partial charge in [0.05, 0.1) is 17.8 Å². The fraction of sp³-hybridized carbons (Fsp3) is 0.864. The summed E-state index contributed by atoms with van der Waals surface area (Å²) in [5.41, 5.74) is -2.19. The van der Waals surface area contributed by atoms with Crippen LogP contribution in [0.15, 0.2) is 0 Å². The number of hydrogen-bond acceptors (Lipinski definition) is 5. The lowest BCUT2D eigenvalue weighted by Crippen LogP contribution is -2.39. The van der Waals surface area contributed by atoms with Crippen molar-refractivity contribution in [2.45, 2.75) is 112 Å². The van der Waals surface area contributed by atoms with Crippen molar-refractivity contribution in [2.75, 3.05) is 6.61 Å². The maximum atomic E-state index is 12.4. The van der Waals surface area contributed by atoms with Gasteiger partial charge in [-0.3, -0.25) is 14.4 Å². The van der Waals surface area contributed by atoms with Crippen LogP contribution >= 0.6 is 0 Å². The first-order valence-corrected chi connectivity index (χ1v) is 9.82. The Kier molecular flexibility index (Phi) is 9.05. The van der Waals surface area contributed by atoms with E-state index in [1.54, 1.807) is 34.6 Å². The van der Waals surface area contributed by atoms with Gasteiger partial charge in [0.1, 0.15) is 5.60 Å². The largest absolute Gasteiger partial charge is 0.370 e. The second-order valence-electron chi connectivity index (χ2n) is 10.4. The van der Waals surface area contributed by atoms with Gasteiger partial charge in [0.2, 0.25) is 5.78 Å². The van der Waals surface area contributed by atoms with Gasteiger partial charge in [-0.05, 0) is 61.3 Å². The van der Waals surface area contributed by atoms with Crippen LogP contribution < -0.4 is 0 Å². The number of rotatable bonds is 11. The molecule has 0 aliphatic heterocycles. The molecule has 27 heavy (non-hydrogen) atoms. The summed E-state index contributed by atoms with van der Waals surface area (Å²) in [6, 6.07) is 0. The number of ether oxygens (including phenoxy) is 2. The third-order valence-electron chi connectivity index (χ3n) is 4.16. The Morgan fingerprint density at radius 1 is 0.778 bits per heavy atom. The molecule has 0 bridgehead atoms. The summed E-state index contributed by atoms with van der Waals surface area (Å²) < 4.78 is 11.8. The second kappa shape index (κ2) is 9.42. The number of carbonyl (C=O) groups excluding carboxylic acids is 3. The first-order valence-electron chi connectivity index (χ1n) is 9.82. The standard InChI is InChI=1S/C22H40O5/c1-19(2,3)18(25)16(23)12-11-13-17(24)22(9,10)26-15-14-21(7,8)27-20(4,5)6/h11-15H2,1-10H3. The molecular formula is C22H40O5. The third kappa shape index (κ3) is 10.7. The highest BCUT2D eigenvalue weighted by molar-refractivity contribution is 6.38. The molecule has 0 saturated heterocycles. The minimum Gasteiger partial charge on any atom is -0.370 e. The molecule has 158 valence electrons. The molecule has 0 aromatic rings. The van der Waals surface area contributed by atoms with E-state index >= 15 is 0 Å². The van der Waals surface area contributed by atoms with Crippen molar-refractivity contribution >= 4 is 17.3 Å². The highest BCUT2D eigenvalue weighted by Crippen LogP contribution is 2.24. The summed E-state index contributed by atoms with van der Waals surface area (Å²) >= 11 is 0. The summed E-state index contributed by atoms with van der Waals surface area (Å²) in [4.78, 5) is 36.3. The van der Waals surface area contributed by atoms with Crippen LogP contribution in [-0.2, 0) is 23.9 Å². The zero-order valence-electron chi connectivity index (χ0n) is 19.1. The fourth-order valence-corrected chi connectivity index (χ4v) is 2.75. The average molecular weight is 385 g/mol. The van der Waals surface area contributed by atoms with Crippen molar-refractivity contribution < 1.29 is 23.9 Å². The molecule has 0 radical (unpaired) electrons. The van der Waals surface area contributed by atoms with Gasteiger partial charge in [-0.1, -0.05) is 20.8 Å². The van der Waals surface area contributed by atoms with Gasteiger partial charge in [0.25, 0.3) is 0 Å². The number of Topliss-reactive ketones (excluding diaryl/α,β-unsaturated/α-hetero) is 3. The Balaban J connectivity index is 4.42. The molecule has 0 aromatic heterocycles. The van der Waals surface area contributed by atoms with Gasteiger partial charge in [0.15, 0.2) is 11.6 Å². The molecule has 0 atom stereocenters. The van der Waals surface area contributed by atoms with E-state index in [-0.39, 0.29) is 35.6 Å². The summed E-state index contributed by atoms with van der Waals surface area (Å²) in [6.45, 7) is 19.1. The number of ketones is 3. The van der Waals surface area contributed by atoms with Crippen LogP contribution in [0.1, 0.15) is 94.9 Å². The van der Waals surface area contributed by atoms with Crippen LogP contribution in [0.5, 0.6) is 0 Å². The summed E-state index contributed by atoms with van der Waals surface area (Å²) in [5, 5.41) is 0. The molecule has 0 unspecified atom stereocenters. The molecule has 0 fully saturated rings. The van der Waals surface area contributed by atoms with E-state index in [4.69, 9.17) is 9.47 Å². The lowest BCUT2D eigenvalue weighted by Gasteiger charge is -2.34. The molecule has 0 amide bonds. The van der Waals surface area contributed by atoms with Crippen molar-refractivity contribution in [3.05, 3.63) is 0 Å². The molecule has 0 aliphatic carbocycles. The first-order chi connectivity index (χ1) is 11.9. The molecule has 0 saturated carbocycles. The number of carbonyl (C=O) groups is 3. The van der Waals surface area contributed by atoms with Gasteiger partial charge in [-0.2, -0.15) is 0 Å². The summed E-state index contributed by atoms with van der Waals surface area (Å²) in [7, 11) is 0. The fourth-order valence-electron chi connectivity index (χ4n) is 2.75. The van der Waals surface area contributed by atoms with Gasteiger partial charge < -0.3 is 9.47 Å². The Morgan fingerprint density at radius 3 is 1.74 bits per heavy atom. The lowest BCUT2D eigenvalue weighted by atomic mass is 9.86. The molecule has 0 aromatic carbocycles. The van der Waals surface area contributed by atoms with Crippen LogP contribution in [0.25, 0.3) is 0 Å². The van der Waals surface area contributed by atoms with Crippen molar-refractivity contribution in [3.8, 4) is 0 Å². The van der Waals surface area contributed by atoms with Gasteiger partial charge in [-0.15, -0.1) is 0 Å². The zero-order valence-corrected chi connectivity index (χ0v) is 19.1. The lowest BCUT2D eigenvalue weighted by molar-refractivity contribution is -0.150. The molecule has 0 N–H and O–H groups in total. The van der Waals surface area contributed by atoms with Crippen LogP contribution in [0.4, 0.5) is 0 Å². The van der Waals surface area contributed by atoms with Crippen molar-refractivity contribution in [1.82, 2.24) is 0 Å². The van der Waals surface area contributed by atoms with E-state index in [9.17, 15) is 14.4 Å². The predicted octanol–water partition coefficient (Wildman–Crippen LogP) is 4.69. The maximum Gasteiger partial charge on any atom is 0.203 e. The van der Waals surface area contributed by atoms with E-state index in [1.165, 1.54) is 0 Å². The quantitative estimate of drug-likeness (QED) is 0.483. The van der Waals surface area contributed by atoms with E-state index in [2.05, 4.69) is 0 Å². The minimum atomic E-state index is -0.922. The Bertz CT molecular complexity index is 530. The molecule has 5 nitrogen and oxygen atoms in total. The van der Waals surface area contributed by atoms with Crippen molar-refractivity contribution in [1.29, 1.82) is 0 Å². The SMILES string of the molecule is CC(C)(C)OC(C)(C)CCOC(C)(C)C(=O)CCCC(=O)C(=O)C(C)(C)C. The number of hydrogen-bond donors (Lipinski definition) is 0. The molecule has 0 heterocycles. The van der Waals surface area contributed by atoms with E-state index in [0.717, 1.165) is 0 Å². The van der Waals surface area contributed by atoms with Crippen molar-refractivity contribution in [3.63, 3.8) is 0 Å². The smallest absolute Gasteiger partial charge is 0.203 e. The predicted molar refractivity (Wildman–Crippen MR) is 108 cm³/mol. The minimum absolute atomic E-state index is 0.0620. The average Bonchev–Trinajstić information content (AvgIpc) is 2.41. The van der Waals surface area contributed by atoms with Crippen molar-refractivity contribution in [2.24, 2.45) is 5.41 Å². The molecule has 0 rings (SSSR count). The second-order valence-corrected chi connectivity index (χ2v) is 10.4. The molecule has 0 spiro atoms. The monoisotopic (exact) mass is 384 g/mol. The van der Waals surface area contributed by atoms with Gasteiger partial charge in [0, 0.05) is 18.3 Å². The highest BCUT2D eigenvalue weighted by Gasteiger charge is 2.32. The summed E-state index contributed by atoms with van der Waals surface area (Å²) in [6.07, 6.45) is 1.35.